The molecule has 1 aromatic carbocycles. The van der Waals surface area contributed by atoms with Crippen LogP contribution in [-0.4, -0.2) is 47.9 Å². The third-order valence-electron chi connectivity index (χ3n) is 6.89. The summed E-state index contributed by atoms with van der Waals surface area (Å²) >= 11 is 6.04. The Kier molecular flexibility index (Phi) is 6.86. The predicted molar refractivity (Wildman–Crippen MR) is 141 cm³/mol. The van der Waals surface area contributed by atoms with Crippen molar-refractivity contribution in [3.05, 3.63) is 58.2 Å². The van der Waals surface area contributed by atoms with E-state index in [1.807, 2.05) is 0 Å². The fourth-order valence-electron chi connectivity index (χ4n) is 4.82. The lowest BCUT2D eigenvalue weighted by molar-refractivity contribution is -0.137. The molecule has 4 N–H and O–H groups in total. The normalized spacial score (nSPS) is 16.8. The number of fused-ring (bicyclic) bond motifs is 2. The molecular formula is C26H23ClF3N7O3. The van der Waals surface area contributed by atoms with E-state index in [1.165, 1.54) is 10.7 Å². The van der Waals surface area contributed by atoms with Crippen molar-refractivity contribution in [2.75, 3.05) is 11.1 Å². The van der Waals surface area contributed by atoms with Crippen molar-refractivity contribution in [1.82, 2.24) is 24.7 Å². The molecule has 40 heavy (non-hydrogen) atoms. The van der Waals surface area contributed by atoms with E-state index in [-0.39, 0.29) is 59.2 Å². The van der Waals surface area contributed by atoms with E-state index in [4.69, 9.17) is 22.4 Å². The lowest BCUT2D eigenvalue weighted by atomic mass is 9.77. The highest BCUT2D eigenvalue weighted by Gasteiger charge is 2.47. The van der Waals surface area contributed by atoms with Crippen LogP contribution in [0.4, 0.5) is 24.8 Å². The number of aliphatic carboxylic acids is 1. The number of alkyl halides is 3. The van der Waals surface area contributed by atoms with Gasteiger partial charge in [0, 0.05) is 19.4 Å². The summed E-state index contributed by atoms with van der Waals surface area (Å²) in [6.07, 6.45) is -5.18. The molecule has 3 aromatic heterocycles. The fourth-order valence-corrected chi connectivity index (χ4v) is 4.97. The number of rotatable bonds is 8. The van der Waals surface area contributed by atoms with Gasteiger partial charge in [-0.15, -0.1) is 0 Å². The molecule has 0 aliphatic carbocycles. The molecule has 0 bridgehead atoms. The van der Waals surface area contributed by atoms with Crippen molar-refractivity contribution in [3.63, 3.8) is 0 Å². The topological polar surface area (TPSA) is 149 Å². The standard InChI is InChI=1S/C26H23ClF3N7O3/c1-25(14-6-3-13(4-7-14)5-10-17(38)39)18-20(31)33-22(34-21(18)35-24(25)40)19-15-8-9-16(27)32-23(15)37(36-19)12-2-11-26(28,29)30/h3-4,6-9H,2,5,10-12H2,1H3,(H,38,39)(H3,31,33,34,35,40)/t25-/m1/s1. The van der Waals surface area contributed by atoms with Crippen LogP contribution in [0.5, 0.6) is 0 Å². The number of benzene rings is 1. The number of aromatic nitrogens is 5. The number of hydrogen-bond acceptors (Lipinski definition) is 7. The van der Waals surface area contributed by atoms with Crippen molar-refractivity contribution in [1.29, 1.82) is 0 Å². The quantitative estimate of drug-likeness (QED) is 0.256. The van der Waals surface area contributed by atoms with Crippen molar-refractivity contribution < 1.29 is 27.9 Å². The molecule has 5 rings (SSSR count). The van der Waals surface area contributed by atoms with E-state index in [2.05, 4.69) is 25.4 Å². The number of nitrogens with one attached hydrogen (secondary N) is 1. The number of nitrogens with zero attached hydrogens (tertiary/aromatic N) is 5. The molecule has 1 aliphatic rings. The number of carboxylic acids is 1. The van der Waals surface area contributed by atoms with Crippen molar-refractivity contribution in [2.45, 2.75) is 50.7 Å². The van der Waals surface area contributed by atoms with Crippen molar-refractivity contribution in [3.8, 4) is 11.5 Å². The Balaban J connectivity index is 1.52. The smallest absolute Gasteiger partial charge is 0.389 e. The summed E-state index contributed by atoms with van der Waals surface area (Å²) < 4.78 is 39.5. The van der Waals surface area contributed by atoms with E-state index < -0.39 is 24.0 Å². The molecule has 0 saturated carbocycles. The maximum Gasteiger partial charge on any atom is 0.389 e. The second-order valence-electron chi connectivity index (χ2n) is 9.62. The highest BCUT2D eigenvalue weighted by Crippen LogP contribution is 2.45. The molecule has 1 aliphatic heterocycles. The van der Waals surface area contributed by atoms with Gasteiger partial charge in [-0.2, -0.15) is 18.3 Å². The Hall–Kier alpha value is -4.26. The van der Waals surface area contributed by atoms with Crippen LogP contribution < -0.4 is 11.1 Å². The number of amides is 1. The number of carbonyl (C=O) groups is 2. The Labute approximate surface area is 230 Å². The summed E-state index contributed by atoms with van der Waals surface area (Å²) in [5.41, 5.74) is 7.46. The van der Waals surface area contributed by atoms with Crippen molar-refractivity contribution >= 4 is 46.1 Å². The molecule has 0 saturated heterocycles. The summed E-state index contributed by atoms with van der Waals surface area (Å²) in [7, 11) is 0. The SMILES string of the molecule is C[C@]1(c2ccc(CCC(=O)O)cc2)C(=O)Nc2nc(-c3nn(CCCC(F)(F)F)c4nc(Cl)ccc34)nc(N)c21. The maximum absolute atomic E-state index is 13.3. The van der Waals surface area contributed by atoms with Crippen LogP contribution in [0, 0.1) is 0 Å². The Bertz CT molecular complexity index is 1640. The highest BCUT2D eigenvalue weighted by molar-refractivity contribution is 6.29. The number of pyridine rings is 1. The van der Waals surface area contributed by atoms with Gasteiger partial charge in [0.1, 0.15) is 27.9 Å². The number of nitrogen functional groups attached to an aromatic ring is 1. The van der Waals surface area contributed by atoms with Crippen LogP contribution >= 0.6 is 11.6 Å². The van der Waals surface area contributed by atoms with E-state index in [0.29, 0.717) is 22.9 Å². The average Bonchev–Trinajstić information content (AvgIpc) is 3.36. The van der Waals surface area contributed by atoms with Crippen LogP contribution in [-0.2, 0) is 28.0 Å². The molecule has 0 radical (unpaired) electrons. The van der Waals surface area contributed by atoms with Gasteiger partial charge < -0.3 is 16.2 Å². The molecule has 0 fully saturated rings. The van der Waals surface area contributed by atoms with Crippen LogP contribution in [0.15, 0.2) is 36.4 Å². The van der Waals surface area contributed by atoms with Gasteiger partial charge in [0.15, 0.2) is 11.5 Å². The van der Waals surface area contributed by atoms with Gasteiger partial charge in [-0.05, 0) is 43.0 Å². The summed E-state index contributed by atoms with van der Waals surface area (Å²) in [5.74, 6) is -1.01. The number of hydrogen-bond donors (Lipinski definition) is 3. The van der Waals surface area contributed by atoms with Gasteiger partial charge in [0.05, 0.1) is 10.9 Å². The number of halogens is 4. The Morgan fingerprint density at radius 2 is 1.88 bits per heavy atom. The van der Waals surface area contributed by atoms with Gasteiger partial charge in [0.2, 0.25) is 5.91 Å². The minimum Gasteiger partial charge on any atom is -0.481 e. The first-order chi connectivity index (χ1) is 18.9. The first kappa shape index (κ1) is 27.3. The predicted octanol–water partition coefficient (Wildman–Crippen LogP) is 4.74. The molecule has 0 unspecified atom stereocenters. The number of aryl methyl sites for hydroxylation is 2. The molecule has 4 heterocycles. The summed E-state index contributed by atoms with van der Waals surface area (Å²) in [5, 5.41) is 16.7. The molecule has 1 atom stereocenters. The number of carbonyl (C=O) groups excluding carboxylic acids is 1. The summed E-state index contributed by atoms with van der Waals surface area (Å²) in [6, 6.07) is 10.1. The van der Waals surface area contributed by atoms with E-state index in [9.17, 15) is 22.8 Å². The van der Waals surface area contributed by atoms with E-state index in [1.54, 1.807) is 37.3 Å². The Morgan fingerprint density at radius 1 is 1.15 bits per heavy atom. The van der Waals surface area contributed by atoms with Crippen LogP contribution in [0.3, 0.4) is 0 Å². The lowest BCUT2D eigenvalue weighted by Gasteiger charge is -2.23. The third-order valence-corrected chi connectivity index (χ3v) is 7.10. The van der Waals surface area contributed by atoms with Gasteiger partial charge in [-0.25, -0.2) is 19.6 Å². The summed E-state index contributed by atoms with van der Waals surface area (Å²) in [6.45, 7) is 1.62. The molecular weight excluding hydrogens is 551 g/mol. The maximum atomic E-state index is 13.3. The zero-order chi connectivity index (χ0) is 28.8. The lowest BCUT2D eigenvalue weighted by Crippen LogP contribution is -2.33. The van der Waals surface area contributed by atoms with Crippen LogP contribution in [0.2, 0.25) is 5.15 Å². The van der Waals surface area contributed by atoms with Gasteiger partial charge in [-0.3, -0.25) is 9.59 Å². The largest absolute Gasteiger partial charge is 0.481 e. The first-order valence-electron chi connectivity index (χ1n) is 12.3. The zero-order valence-electron chi connectivity index (χ0n) is 21.1. The van der Waals surface area contributed by atoms with Crippen LogP contribution in [0.25, 0.3) is 22.6 Å². The van der Waals surface area contributed by atoms with Crippen LogP contribution in [0.1, 0.15) is 42.9 Å². The van der Waals surface area contributed by atoms with Gasteiger partial charge >= 0.3 is 12.1 Å². The Morgan fingerprint density at radius 3 is 2.55 bits per heavy atom. The monoisotopic (exact) mass is 573 g/mol. The second kappa shape index (κ2) is 10.0. The molecule has 208 valence electrons. The number of carboxylic acid groups (broad SMARTS) is 1. The molecule has 10 nitrogen and oxygen atoms in total. The minimum absolute atomic E-state index is 0.0159. The average molecular weight is 574 g/mol. The van der Waals surface area contributed by atoms with Crippen molar-refractivity contribution in [2.24, 2.45) is 0 Å². The zero-order valence-corrected chi connectivity index (χ0v) is 21.8. The molecule has 14 heteroatoms. The first-order valence-corrected chi connectivity index (χ1v) is 12.7. The molecule has 0 spiro atoms. The second-order valence-corrected chi connectivity index (χ2v) is 10.0. The number of nitrogens with two attached hydrogens (primary N) is 1. The molecule has 4 aromatic rings. The van der Waals surface area contributed by atoms with Gasteiger partial charge in [0.25, 0.3) is 0 Å². The van der Waals surface area contributed by atoms with Gasteiger partial charge in [-0.1, -0.05) is 35.9 Å². The third kappa shape index (κ3) is 5.04. The fraction of sp³-hybridized carbons (Fsp3) is 0.308. The van der Waals surface area contributed by atoms with E-state index in [0.717, 1.165) is 5.56 Å². The highest BCUT2D eigenvalue weighted by atomic mass is 35.5. The van der Waals surface area contributed by atoms with E-state index >= 15 is 0 Å². The minimum atomic E-state index is -4.31. The summed E-state index contributed by atoms with van der Waals surface area (Å²) in [4.78, 5) is 37.3. The molecule has 1 amide bonds. The number of anilines is 2.